The lowest BCUT2D eigenvalue weighted by atomic mass is 9.85. The summed E-state index contributed by atoms with van der Waals surface area (Å²) in [7, 11) is 1.41. The Kier molecular flexibility index (Phi) is 11.8. The number of aromatic nitrogens is 1. The minimum absolute atomic E-state index is 0. The van der Waals surface area contributed by atoms with E-state index in [9.17, 15) is 4.79 Å². The fraction of sp³-hybridized carbons (Fsp3) is 0.357. The smallest absolute Gasteiger partial charge is 0.338 e. The zero-order chi connectivity index (χ0) is 24.2. The first-order valence-electron chi connectivity index (χ1n) is 11.2. The van der Waals surface area contributed by atoms with Crippen LogP contribution in [0.5, 0.6) is 0 Å². The Balaban J connectivity index is 0.00000306. The maximum Gasteiger partial charge on any atom is 0.338 e. The van der Waals surface area contributed by atoms with E-state index in [4.69, 9.17) is 15.5 Å². The third-order valence-corrected chi connectivity index (χ3v) is 6.70. The van der Waals surface area contributed by atoms with Crippen LogP contribution in [-0.4, -0.2) is 18.1 Å². The summed E-state index contributed by atoms with van der Waals surface area (Å²) in [5, 5.41) is 0. The molecule has 2 aromatic carbocycles. The molecule has 0 bridgehead atoms. The van der Waals surface area contributed by atoms with Crippen LogP contribution >= 0.6 is 36.6 Å². The molecule has 35 heavy (non-hydrogen) atoms. The van der Waals surface area contributed by atoms with Crippen LogP contribution in [0.15, 0.2) is 53.4 Å². The van der Waals surface area contributed by atoms with Gasteiger partial charge in [-0.1, -0.05) is 62.7 Å². The highest BCUT2D eigenvalue weighted by Crippen LogP contribution is 2.37. The number of hydrogen-bond donors (Lipinski definition) is 1. The molecule has 0 aliphatic rings. The number of thioether (sulfide) groups is 1. The largest absolute Gasteiger partial charge is 0.465 e. The third-order valence-electron chi connectivity index (χ3n) is 5.60. The highest BCUT2D eigenvalue weighted by atomic mass is 35.5. The van der Waals surface area contributed by atoms with Crippen molar-refractivity contribution in [3.63, 3.8) is 0 Å². The van der Waals surface area contributed by atoms with Crippen LogP contribution in [0.3, 0.4) is 0 Å². The normalized spacial score (nSPS) is 10.8. The van der Waals surface area contributed by atoms with Crippen molar-refractivity contribution in [1.82, 2.24) is 4.98 Å². The molecule has 0 aliphatic heterocycles. The number of carbonyl (C=O) groups is 1. The van der Waals surface area contributed by atoms with E-state index in [1.807, 2.05) is 18.2 Å². The Hall–Kier alpha value is -2.05. The zero-order valence-corrected chi connectivity index (χ0v) is 23.8. The van der Waals surface area contributed by atoms with Crippen LogP contribution in [0.2, 0.25) is 0 Å². The van der Waals surface area contributed by atoms with Crippen molar-refractivity contribution in [3.8, 4) is 11.1 Å². The van der Waals surface area contributed by atoms with E-state index in [0.29, 0.717) is 17.9 Å². The molecule has 0 atom stereocenters. The van der Waals surface area contributed by atoms with E-state index < -0.39 is 0 Å². The van der Waals surface area contributed by atoms with Crippen LogP contribution in [0.1, 0.15) is 59.2 Å². The second-order valence-electron chi connectivity index (χ2n) is 9.56. The van der Waals surface area contributed by atoms with Gasteiger partial charge in [0.1, 0.15) is 0 Å². The molecule has 0 spiro atoms. The van der Waals surface area contributed by atoms with Crippen LogP contribution < -0.4 is 5.73 Å². The summed E-state index contributed by atoms with van der Waals surface area (Å²) in [6.07, 6.45) is 0.859. The fourth-order valence-corrected chi connectivity index (χ4v) is 5.11. The molecule has 0 fully saturated rings. The molecule has 4 nitrogen and oxygen atoms in total. The van der Waals surface area contributed by atoms with Crippen LogP contribution in [0.25, 0.3) is 11.1 Å². The topological polar surface area (TPSA) is 65.2 Å². The quantitative estimate of drug-likeness (QED) is 0.253. The second-order valence-corrected chi connectivity index (χ2v) is 10.6. The summed E-state index contributed by atoms with van der Waals surface area (Å²) >= 11 is 1.63. The second kappa shape index (κ2) is 13.3. The number of methoxy groups -OCH3 is 1. The van der Waals surface area contributed by atoms with Gasteiger partial charge in [0.25, 0.3) is 0 Å². The molecule has 190 valence electrons. The molecule has 0 aliphatic carbocycles. The number of pyridine rings is 1. The first kappa shape index (κ1) is 31.0. The average Bonchev–Trinajstić information content (AvgIpc) is 2.77. The summed E-state index contributed by atoms with van der Waals surface area (Å²) in [6, 6.07) is 16.2. The summed E-state index contributed by atoms with van der Waals surface area (Å²) in [4.78, 5) is 18.2. The van der Waals surface area contributed by atoms with E-state index in [-0.39, 0.29) is 36.2 Å². The first-order valence-corrected chi connectivity index (χ1v) is 12.2. The molecule has 0 radical (unpaired) electrons. The van der Waals surface area contributed by atoms with Gasteiger partial charge in [0.05, 0.1) is 12.7 Å². The van der Waals surface area contributed by atoms with Gasteiger partial charge in [-0.15, -0.1) is 36.6 Å². The number of ether oxygens (including phenoxy) is 1. The number of halogens is 2. The molecule has 0 saturated carbocycles. The lowest BCUT2D eigenvalue weighted by Crippen LogP contribution is -2.17. The predicted octanol–water partition coefficient (Wildman–Crippen LogP) is 7.34. The average molecular weight is 536 g/mol. The summed E-state index contributed by atoms with van der Waals surface area (Å²) in [5.41, 5.74) is 14.9. The van der Waals surface area contributed by atoms with Crippen molar-refractivity contribution in [1.29, 1.82) is 0 Å². The Labute approximate surface area is 226 Å². The summed E-state index contributed by atoms with van der Waals surface area (Å²) in [6.45, 7) is 11.3. The number of carbonyl (C=O) groups excluding carboxylic acids is 1. The maximum atomic E-state index is 12.2. The molecule has 0 amide bonds. The van der Waals surface area contributed by atoms with Gasteiger partial charge < -0.3 is 10.5 Å². The number of benzene rings is 2. The standard InChI is InChI=1S/C28H34N2O2S.2ClH/c1-18-11-13-20(14-12-18)26-22(16-29)24(15-28(3,4)5)30-19(2)23(26)17-33-25-10-8-7-9-21(25)27(31)32-6;;/h7-14H,15-17,29H2,1-6H3;2*1H. The molecule has 3 aromatic rings. The van der Waals surface area contributed by atoms with Gasteiger partial charge in [-0.05, 0) is 60.1 Å². The van der Waals surface area contributed by atoms with Crippen molar-refractivity contribution in [2.45, 2.75) is 58.2 Å². The molecule has 1 heterocycles. The number of nitrogens with two attached hydrogens (primary N) is 1. The van der Waals surface area contributed by atoms with Gasteiger partial charge in [0.2, 0.25) is 0 Å². The third kappa shape index (κ3) is 7.71. The number of esters is 1. The van der Waals surface area contributed by atoms with E-state index in [2.05, 4.69) is 58.9 Å². The molecule has 2 N–H and O–H groups in total. The first-order chi connectivity index (χ1) is 15.6. The van der Waals surface area contributed by atoms with Crippen molar-refractivity contribution < 1.29 is 9.53 Å². The Morgan fingerprint density at radius 1 is 1.00 bits per heavy atom. The van der Waals surface area contributed by atoms with Crippen molar-refractivity contribution >= 4 is 42.5 Å². The maximum absolute atomic E-state index is 12.2. The monoisotopic (exact) mass is 534 g/mol. The van der Waals surface area contributed by atoms with E-state index in [1.54, 1.807) is 17.8 Å². The lowest BCUT2D eigenvalue weighted by Gasteiger charge is -2.24. The highest BCUT2D eigenvalue weighted by molar-refractivity contribution is 7.98. The molecule has 0 unspecified atom stereocenters. The molecular weight excluding hydrogens is 499 g/mol. The van der Waals surface area contributed by atoms with Crippen LogP contribution in [0, 0.1) is 19.3 Å². The van der Waals surface area contributed by atoms with Crippen molar-refractivity contribution in [2.24, 2.45) is 11.1 Å². The molecule has 7 heteroatoms. The van der Waals surface area contributed by atoms with Gasteiger partial charge in [-0.2, -0.15) is 0 Å². The van der Waals surface area contributed by atoms with Crippen LogP contribution in [-0.2, 0) is 23.5 Å². The summed E-state index contributed by atoms with van der Waals surface area (Å²) in [5.74, 6) is 0.355. The van der Waals surface area contributed by atoms with Crippen molar-refractivity contribution in [3.05, 3.63) is 82.2 Å². The van der Waals surface area contributed by atoms with Gasteiger partial charge in [0.15, 0.2) is 0 Å². The van der Waals surface area contributed by atoms with E-state index in [1.165, 1.54) is 18.2 Å². The van der Waals surface area contributed by atoms with Gasteiger partial charge in [0, 0.05) is 28.6 Å². The van der Waals surface area contributed by atoms with Gasteiger partial charge in [-0.3, -0.25) is 4.98 Å². The SMILES string of the molecule is COC(=O)c1ccccc1SCc1c(C)nc(CC(C)(C)C)c(CN)c1-c1ccc(C)cc1.Cl.Cl. The number of hydrogen-bond acceptors (Lipinski definition) is 5. The van der Waals surface area contributed by atoms with E-state index >= 15 is 0 Å². The molecular formula is C28H36Cl2N2O2S. The van der Waals surface area contributed by atoms with Gasteiger partial charge in [-0.25, -0.2) is 4.79 Å². The number of nitrogens with zero attached hydrogens (tertiary/aromatic N) is 1. The summed E-state index contributed by atoms with van der Waals surface area (Å²) < 4.78 is 4.97. The fourth-order valence-electron chi connectivity index (χ4n) is 3.98. The Bertz CT molecular complexity index is 1140. The molecule has 3 rings (SSSR count). The minimum atomic E-state index is -0.324. The minimum Gasteiger partial charge on any atom is -0.465 e. The highest BCUT2D eigenvalue weighted by Gasteiger charge is 2.23. The Morgan fingerprint density at radius 3 is 2.20 bits per heavy atom. The molecule has 0 saturated heterocycles. The predicted molar refractivity (Wildman–Crippen MR) is 152 cm³/mol. The van der Waals surface area contributed by atoms with Crippen molar-refractivity contribution in [2.75, 3.05) is 7.11 Å². The lowest BCUT2D eigenvalue weighted by molar-refractivity contribution is 0.0597. The van der Waals surface area contributed by atoms with Gasteiger partial charge >= 0.3 is 5.97 Å². The number of aryl methyl sites for hydroxylation is 2. The Morgan fingerprint density at radius 2 is 1.63 bits per heavy atom. The number of rotatable bonds is 7. The molecule has 1 aromatic heterocycles. The zero-order valence-electron chi connectivity index (χ0n) is 21.3. The van der Waals surface area contributed by atoms with Crippen LogP contribution in [0.4, 0.5) is 0 Å². The van der Waals surface area contributed by atoms with E-state index in [0.717, 1.165) is 39.4 Å².